The normalized spacial score (nSPS) is 22.5. The summed E-state index contributed by atoms with van der Waals surface area (Å²) in [6, 6.07) is 0. The first-order valence-electron chi connectivity index (χ1n) is 5.28. The van der Waals surface area contributed by atoms with Gasteiger partial charge in [0.25, 0.3) is 0 Å². The van der Waals surface area contributed by atoms with Crippen molar-refractivity contribution in [2.45, 2.75) is 38.2 Å². The Hall–Kier alpha value is -0.350. The Morgan fingerprint density at radius 1 is 1.53 bits per heavy atom. The molecule has 0 heterocycles. The Morgan fingerprint density at radius 3 is 3.07 bits per heavy atom. The Bertz CT molecular complexity index is 238. The van der Waals surface area contributed by atoms with Crippen molar-refractivity contribution < 1.29 is 14.3 Å². The lowest BCUT2D eigenvalue weighted by Gasteiger charge is -2.18. The molecule has 1 aliphatic carbocycles. The molecule has 1 aliphatic rings. The summed E-state index contributed by atoms with van der Waals surface area (Å²) < 4.78 is 11.1. The van der Waals surface area contributed by atoms with E-state index in [1.165, 1.54) is 20.0 Å². The van der Waals surface area contributed by atoms with E-state index in [1.54, 1.807) is 0 Å². The highest BCUT2D eigenvalue weighted by Gasteiger charge is 2.15. The summed E-state index contributed by atoms with van der Waals surface area (Å²) in [5, 5.41) is 0. The Balaban J connectivity index is 2.42. The minimum absolute atomic E-state index is 0.0180. The van der Waals surface area contributed by atoms with Crippen molar-refractivity contribution in [1.29, 1.82) is 0 Å². The van der Waals surface area contributed by atoms with Gasteiger partial charge in [-0.2, -0.15) is 0 Å². The SMILES string of the molecule is COC(=O)COC1CCCCCC=C1Br. The van der Waals surface area contributed by atoms with Gasteiger partial charge in [0.2, 0.25) is 0 Å². The van der Waals surface area contributed by atoms with E-state index in [9.17, 15) is 4.79 Å². The third kappa shape index (κ3) is 4.80. The van der Waals surface area contributed by atoms with Gasteiger partial charge in [0.05, 0.1) is 13.2 Å². The van der Waals surface area contributed by atoms with Crippen LogP contribution in [0.3, 0.4) is 0 Å². The van der Waals surface area contributed by atoms with Crippen LogP contribution in [-0.4, -0.2) is 25.8 Å². The zero-order chi connectivity index (χ0) is 11.1. The molecule has 0 aliphatic heterocycles. The molecule has 15 heavy (non-hydrogen) atoms. The Kier molecular flexibility index (Phi) is 5.95. The first-order chi connectivity index (χ1) is 7.24. The molecule has 0 radical (unpaired) electrons. The number of rotatable bonds is 3. The van der Waals surface area contributed by atoms with Crippen LogP contribution in [0.5, 0.6) is 0 Å². The van der Waals surface area contributed by atoms with Crippen LogP contribution in [0.15, 0.2) is 10.6 Å². The van der Waals surface area contributed by atoms with Gasteiger partial charge in [-0.3, -0.25) is 0 Å². The van der Waals surface area contributed by atoms with Gasteiger partial charge in [0, 0.05) is 4.48 Å². The average Bonchev–Trinajstić information content (AvgIpc) is 2.22. The van der Waals surface area contributed by atoms with E-state index < -0.39 is 0 Å². The topological polar surface area (TPSA) is 35.5 Å². The number of esters is 1. The predicted molar refractivity (Wildman–Crippen MR) is 61.9 cm³/mol. The molecule has 0 fully saturated rings. The molecule has 3 nitrogen and oxygen atoms in total. The summed E-state index contributed by atoms with van der Waals surface area (Å²) >= 11 is 3.50. The van der Waals surface area contributed by atoms with Crippen LogP contribution in [0.2, 0.25) is 0 Å². The number of ether oxygens (including phenoxy) is 2. The fraction of sp³-hybridized carbons (Fsp3) is 0.727. The molecule has 0 aromatic carbocycles. The second kappa shape index (κ2) is 7.01. The summed E-state index contributed by atoms with van der Waals surface area (Å²) in [5.74, 6) is -0.322. The molecule has 0 amide bonds. The van der Waals surface area contributed by atoms with Gasteiger partial charge in [0.1, 0.15) is 6.61 Å². The van der Waals surface area contributed by atoms with E-state index in [0.29, 0.717) is 0 Å². The lowest BCUT2D eigenvalue weighted by atomic mass is 10.0. The zero-order valence-electron chi connectivity index (χ0n) is 9.00. The van der Waals surface area contributed by atoms with Gasteiger partial charge in [-0.05, 0) is 19.3 Å². The van der Waals surface area contributed by atoms with Crippen LogP contribution in [0, 0.1) is 0 Å². The highest BCUT2D eigenvalue weighted by atomic mass is 79.9. The standard InChI is InChI=1S/C11H17BrO3/c1-14-11(13)8-15-10-7-5-3-2-4-6-9(10)12/h6,10H,2-5,7-8H2,1H3. The maximum atomic E-state index is 10.9. The number of hydrogen-bond acceptors (Lipinski definition) is 3. The number of halogens is 1. The van der Waals surface area contributed by atoms with Crippen molar-refractivity contribution in [3.8, 4) is 0 Å². The van der Waals surface area contributed by atoms with Crippen LogP contribution in [0.1, 0.15) is 32.1 Å². The molecule has 0 spiro atoms. The molecule has 0 saturated heterocycles. The van der Waals surface area contributed by atoms with Gasteiger partial charge in [-0.25, -0.2) is 4.79 Å². The van der Waals surface area contributed by atoms with E-state index in [0.717, 1.165) is 23.7 Å². The maximum absolute atomic E-state index is 10.9. The minimum atomic E-state index is -0.322. The van der Waals surface area contributed by atoms with Crippen LogP contribution in [-0.2, 0) is 14.3 Å². The maximum Gasteiger partial charge on any atom is 0.331 e. The highest BCUT2D eigenvalue weighted by molar-refractivity contribution is 9.11. The molecular formula is C11H17BrO3. The van der Waals surface area contributed by atoms with Gasteiger partial charge in [-0.1, -0.05) is 34.8 Å². The van der Waals surface area contributed by atoms with E-state index in [4.69, 9.17) is 4.74 Å². The fourth-order valence-corrected chi connectivity index (χ4v) is 2.14. The van der Waals surface area contributed by atoms with Crippen LogP contribution in [0.25, 0.3) is 0 Å². The summed E-state index contributed by atoms with van der Waals surface area (Å²) in [5.41, 5.74) is 0. The van der Waals surface area contributed by atoms with E-state index in [1.807, 2.05) is 0 Å². The van der Waals surface area contributed by atoms with Crippen molar-refractivity contribution in [1.82, 2.24) is 0 Å². The smallest absolute Gasteiger partial charge is 0.331 e. The summed E-state index contributed by atoms with van der Waals surface area (Å²) in [6.45, 7) is 0.0319. The Labute approximate surface area is 98.9 Å². The third-order valence-electron chi connectivity index (χ3n) is 2.45. The summed E-state index contributed by atoms with van der Waals surface area (Å²) in [6.07, 6.45) is 7.82. The molecule has 0 aromatic heterocycles. The molecule has 86 valence electrons. The molecular weight excluding hydrogens is 260 g/mol. The van der Waals surface area contributed by atoms with Crippen LogP contribution in [0.4, 0.5) is 0 Å². The van der Waals surface area contributed by atoms with Crippen molar-refractivity contribution in [2.75, 3.05) is 13.7 Å². The summed E-state index contributed by atoms with van der Waals surface area (Å²) in [7, 11) is 1.37. The van der Waals surface area contributed by atoms with E-state index >= 15 is 0 Å². The lowest BCUT2D eigenvalue weighted by Crippen LogP contribution is -2.20. The fourth-order valence-electron chi connectivity index (χ4n) is 1.55. The quantitative estimate of drug-likeness (QED) is 0.744. The first-order valence-corrected chi connectivity index (χ1v) is 6.07. The van der Waals surface area contributed by atoms with E-state index in [2.05, 4.69) is 26.7 Å². The molecule has 1 atom stereocenters. The van der Waals surface area contributed by atoms with Crippen LogP contribution < -0.4 is 0 Å². The Morgan fingerprint density at radius 2 is 2.33 bits per heavy atom. The van der Waals surface area contributed by atoms with Gasteiger partial charge >= 0.3 is 5.97 Å². The number of allylic oxidation sites excluding steroid dienone is 1. The molecule has 0 aromatic rings. The molecule has 1 unspecified atom stereocenters. The van der Waals surface area contributed by atoms with Crippen molar-refractivity contribution in [2.24, 2.45) is 0 Å². The largest absolute Gasteiger partial charge is 0.467 e. The van der Waals surface area contributed by atoms with Crippen molar-refractivity contribution in [3.05, 3.63) is 10.6 Å². The van der Waals surface area contributed by atoms with Gasteiger partial charge < -0.3 is 9.47 Å². The van der Waals surface area contributed by atoms with Crippen LogP contribution >= 0.6 is 15.9 Å². The minimum Gasteiger partial charge on any atom is -0.467 e. The first kappa shape index (κ1) is 12.7. The third-order valence-corrected chi connectivity index (χ3v) is 3.28. The lowest BCUT2D eigenvalue weighted by molar-refractivity contribution is -0.147. The number of hydrogen-bond donors (Lipinski definition) is 0. The molecule has 0 saturated carbocycles. The predicted octanol–water partition coefficient (Wildman–Crippen LogP) is 2.79. The molecule has 0 bridgehead atoms. The average molecular weight is 277 g/mol. The van der Waals surface area contributed by atoms with Crippen molar-refractivity contribution >= 4 is 21.9 Å². The van der Waals surface area contributed by atoms with Gasteiger partial charge in [0.15, 0.2) is 0 Å². The zero-order valence-corrected chi connectivity index (χ0v) is 10.6. The number of carbonyl (C=O) groups excluding carboxylic acids is 1. The monoisotopic (exact) mass is 276 g/mol. The molecule has 1 rings (SSSR count). The van der Waals surface area contributed by atoms with E-state index in [-0.39, 0.29) is 18.7 Å². The second-order valence-corrected chi connectivity index (χ2v) is 4.52. The van der Waals surface area contributed by atoms with Gasteiger partial charge in [-0.15, -0.1) is 0 Å². The van der Waals surface area contributed by atoms with Crippen molar-refractivity contribution in [3.63, 3.8) is 0 Å². The number of carbonyl (C=O) groups is 1. The molecule has 0 N–H and O–H groups in total. The summed E-state index contributed by atoms with van der Waals surface area (Å²) in [4.78, 5) is 10.9. The number of methoxy groups -OCH3 is 1. The highest BCUT2D eigenvalue weighted by Crippen LogP contribution is 2.24. The second-order valence-electron chi connectivity index (χ2n) is 3.60. The molecule has 4 heteroatoms.